The van der Waals surface area contributed by atoms with E-state index in [1.54, 1.807) is 0 Å². The fourth-order valence-corrected chi connectivity index (χ4v) is 4.27. The van der Waals surface area contributed by atoms with Gasteiger partial charge in [0, 0.05) is 25.2 Å². The first kappa shape index (κ1) is 22.2. The molecule has 166 valence electrons. The van der Waals surface area contributed by atoms with Crippen molar-refractivity contribution in [1.29, 1.82) is 0 Å². The largest absolute Gasteiger partial charge is 0.494 e. The number of ether oxygens (including phenoxy) is 1. The number of likely N-dealkylation sites (tertiary alicyclic amines) is 1. The van der Waals surface area contributed by atoms with E-state index in [4.69, 9.17) is 4.74 Å². The van der Waals surface area contributed by atoms with E-state index in [1.165, 1.54) is 19.3 Å². The zero-order valence-electron chi connectivity index (χ0n) is 18.3. The van der Waals surface area contributed by atoms with Crippen LogP contribution in [0.3, 0.4) is 0 Å². The number of amides is 4. The molecule has 4 amide bonds. The quantitative estimate of drug-likeness (QED) is 0.657. The first-order valence-electron chi connectivity index (χ1n) is 11.4. The fourth-order valence-electron chi connectivity index (χ4n) is 4.27. The number of urea groups is 2. The lowest BCUT2D eigenvalue weighted by Gasteiger charge is -2.33. The molecule has 2 aliphatic rings. The van der Waals surface area contributed by atoms with Crippen LogP contribution >= 0.6 is 0 Å². The average molecular weight is 417 g/mol. The number of carbonyl (C=O) groups is 2. The summed E-state index contributed by atoms with van der Waals surface area (Å²) in [6.07, 6.45) is 7.40. The topological polar surface area (TPSA) is 82.7 Å². The molecule has 1 saturated heterocycles. The van der Waals surface area contributed by atoms with E-state index in [0.29, 0.717) is 25.7 Å². The van der Waals surface area contributed by atoms with Crippen LogP contribution in [0.4, 0.5) is 9.59 Å². The Hall–Kier alpha value is -2.44. The molecule has 3 N–H and O–H groups in total. The van der Waals surface area contributed by atoms with E-state index in [0.717, 1.165) is 37.0 Å². The summed E-state index contributed by atoms with van der Waals surface area (Å²) in [4.78, 5) is 26.7. The molecule has 1 aliphatic carbocycles. The van der Waals surface area contributed by atoms with Gasteiger partial charge in [0.1, 0.15) is 5.75 Å². The van der Waals surface area contributed by atoms with E-state index in [9.17, 15) is 9.59 Å². The minimum Gasteiger partial charge on any atom is -0.494 e. The highest BCUT2D eigenvalue weighted by molar-refractivity contribution is 5.75. The van der Waals surface area contributed by atoms with E-state index >= 15 is 0 Å². The van der Waals surface area contributed by atoms with E-state index in [2.05, 4.69) is 16.0 Å². The summed E-state index contributed by atoms with van der Waals surface area (Å²) >= 11 is 0. The van der Waals surface area contributed by atoms with Gasteiger partial charge < -0.3 is 25.6 Å². The van der Waals surface area contributed by atoms with Crippen LogP contribution in [0.25, 0.3) is 0 Å². The van der Waals surface area contributed by atoms with Gasteiger partial charge in [0.15, 0.2) is 0 Å². The lowest BCUT2D eigenvalue weighted by molar-refractivity contribution is 0.172. The third-order valence-electron chi connectivity index (χ3n) is 6.09. The summed E-state index contributed by atoms with van der Waals surface area (Å²) in [6, 6.07) is 8.07. The van der Waals surface area contributed by atoms with Crippen LogP contribution in [0.1, 0.15) is 70.4 Å². The molecule has 0 aromatic heterocycles. The van der Waals surface area contributed by atoms with Gasteiger partial charge in [-0.05, 0) is 57.2 Å². The van der Waals surface area contributed by atoms with Crippen molar-refractivity contribution in [3.05, 3.63) is 29.8 Å². The number of hydrogen-bond acceptors (Lipinski definition) is 3. The van der Waals surface area contributed by atoms with Gasteiger partial charge in [-0.15, -0.1) is 0 Å². The Kier molecular flexibility index (Phi) is 8.22. The number of benzene rings is 1. The Balaban J connectivity index is 1.38. The lowest BCUT2D eigenvalue weighted by atomic mass is 9.96. The second kappa shape index (κ2) is 11.1. The molecule has 1 atom stereocenters. The maximum atomic E-state index is 12.6. The van der Waals surface area contributed by atoms with Gasteiger partial charge in [-0.1, -0.05) is 31.4 Å². The zero-order chi connectivity index (χ0) is 21.3. The molecule has 3 rings (SSSR count). The van der Waals surface area contributed by atoms with Crippen molar-refractivity contribution >= 4 is 12.1 Å². The highest BCUT2D eigenvalue weighted by atomic mass is 16.5. The van der Waals surface area contributed by atoms with Crippen LogP contribution in [-0.4, -0.2) is 48.7 Å². The number of nitrogens with one attached hydrogen (secondary N) is 3. The van der Waals surface area contributed by atoms with Gasteiger partial charge in [0.05, 0.1) is 12.6 Å². The zero-order valence-corrected chi connectivity index (χ0v) is 18.3. The van der Waals surface area contributed by atoms with Crippen LogP contribution in [0, 0.1) is 0 Å². The van der Waals surface area contributed by atoms with Crippen molar-refractivity contribution in [2.45, 2.75) is 76.9 Å². The molecule has 0 bridgehead atoms. The molecule has 1 heterocycles. The van der Waals surface area contributed by atoms with Crippen LogP contribution in [0.2, 0.25) is 0 Å². The summed E-state index contributed by atoms with van der Waals surface area (Å²) in [6.45, 7) is 5.88. The van der Waals surface area contributed by atoms with Gasteiger partial charge in [-0.3, -0.25) is 0 Å². The molecule has 2 fully saturated rings. The Morgan fingerprint density at radius 1 is 1.00 bits per heavy atom. The molecule has 1 unspecified atom stereocenters. The summed E-state index contributed by atoms with van der Waals surface area (Å²) in [5.41, 5.74) is 1.04. The Morgan fingerprint density at radius 2 is 1.60 bits per heavy atom. The third-order valence-corrected chi connectivity index (χ3v) is 6.09. The van der Waals surface area contributed by atoms with Crippen molar-refractivity contribution in [2.75, 3.05) is 19.7 Å². The average Bonchev–Trinajstić information content (AvgIpc) is 2.75. The summed E-state index contributed by atoms with van der Waals surface area (Å²) in [7, 11) is 0. The highest BCUT2D eigenvalue weighted by Crippen LogP contribution is 2.19. The predicted octanol–water partition coefficient (Wildman–Crippen LogP) is 3.95. The number of carbonyl (C=O) groups excluding carboxylic acids is 2. The third kappa shape index (κ3) is 6.54. The minimum atomic E-state index is -0.0784. The Bertz CT molecular complexity index is 680. The monoisotopic (exact) mass is 416 g/mol. The molecule has 1 aliphatic heterocycles. The van der Waals surface area contributed by atoms with Gasteiger partial charge in [-0.25, -0.2) is 9.59 Å². The fraction of sp³-hybridized carbons (Fsp3) is 0.652. The normalized spacial score (nSPS) is 19.1. The Labute approximate surface area is 179 Å². The second-order valence-electron chi connectivity index (χ2n) is 8.39. The SMILES string of the molecule is CCOc1ccc(C(C)NC(=O)N2CCC(NC(=O)NC3CCCCC3)CC2)cc1. The van der Waals surface area contributed by atoms with Gasteiger partial charge in [0.2, 0.25) is 0 Å². The molecule has 7 heteroatoms. The summed E-state index contributed by atoms with van der Waals surface area (Å²) in [5, 5.41) is 9.27. The van der Waals surface area contributed by atoms with Gasteiger partial charge in [0.25, 0.3) is 0 Å². The molecule has 30 heavy (non-hydrogen) atoms. The molecule has 1 saturated carbocycles. The van der Waals surface area contributed by atoms with E-state index in [1.807, 2.05) is 43.0 Å². The van der Waals surface area contributed by atoms with Gasteiger partial charge >= 0.3 is 12.1 Å². The predicted molar refractivity (Wildman–Crippen MR) is 118 cm³/mol. The molecule has 7 nitrogen and oxygen atoms in total. The molecule has 0 radical (unpaired) electrons. The first-order valence-corrected chi connectivity index (χ1v) is 11.4. The summed E-state index contributed by atoms with van der Waals surface area (Å²) in [5.74, 6) is 0.835. The van der Waals surface area contributed by atoms with E-state index in [-0.39, 0.29) is 24.1 Å². The van der Waals surface area contributed by atoms with Crippen molar-refractivity contribution in [2.24, 2.45) is 0 Å². The Morgan fingerprint density at radius 3 is 2.20 bits per heavy atom. The maximum absolute atomic E-state index is 12.6. The van der Waals surface area contributed by atoms with Crippen LogP contribution in [0.5, 0.6) is 5.75 Å². The molecular formula is C23H36N4O3. The number of rotatable bonds is 6. The van der Waals surface area contributed by atoms with E-state index < -0.39 is 0 Å². The number of nitrogens with zero attached hydrogens (tertiary/aromatic N) is 1. The van der Waals surface area contributed by atoms with Crippen LogP contribution in [-0.2, 0) is 0 Å². The molecular weight excluding hydrogens is 380 g/mol. The highest BCUT2D eigenvalue weighted by Gasteiger charge is 2.25. The lowest BCUT2D eigenvalue weighted by Crippen LogP contribution is -2.52. The molecule has 1 aromatic carbocycles. The van der Waals surface area contributed by atoms with Crippen molar-refractivity contribution in [1.82, 2.24) is 20.9 Å². The van der Waals surface area contributed by atoms with Crippen molar-refractivity contribution in [3.8, 4) is 5.75 Å². The van der Waals surface area contributed by atoms with Crippen molar-refractivity contribution in [3.63, 3.8) is 0 Å². The van der Waals surface area contributed by atoms with Gasteiger partial charge in [-0.2, -0.15) is 0 Å². The minimum absolute atomic E-state index is 0.0542. The number of piperidine rings is 1. The summed E-state index contributed by atoms with van der Waals surface area (Å²) < 4.78 is 5.47. The second-order valence-corrected chi connectivity index (χ2v) is 8.39. The molecule has 0 spiro atoms. The van der Waals surface area contributed by atoms with Crippen molar-refractivity contribution < 1.29 is 14.3 Å². The van der Waals surface area contributed by atoms with Crippen LogP contribution in [0.15, 0.2) is 24.3 Å². The molecule has 1 aromatic rings. The standard InChI is InChI=1S/C23H36N4O3/c1-3-30-21-11-9-18(10-12-21)17(2)24-23(29)27-15-13-20(14-16-27)26-22(28)25-19-7-5-4-6-8-19/h9-12,17,19-20H,3-8,13-16H2,1-2H3,(H,24,29)(H2,25,26,28). The van der Waals surface area contributed by atoms with Crippen LogP contribution < -0.4 is 20.7 Å². The maximum Gasteiger partial charge on any atom is 0.317 e. The smallest absolute Gasteiger partial charge is 0.317 e. The first-order chi connectivity index (χ1) is 14.5. The number of hydrogen-bond donors (Lipinski definition) is 3.